The predicted octanol–water partition coefficient (Wildman–Crippen LogP) is 2.12. The van der Waals surface area contributed by atoms with Gasteiger partial charge in [0.05, 0.1) is 11.8 Å². The molecule has 0 spiro atoms. The molecule has 1 unspecified atom stereocenters. The quantitative estimate of drug-likeness (QED) is 0.732. The van der Waals surface area contributed by atoms with Gasteiger partial charge in [-0.15, -0.1) is 0 Å². The van der Waals surface area contributed by atoms with Crippen molar-refractivity contribution in [3.8, 4) is 0 Å². The Balaban J connectivity index is 1.60. The van der Waals surface area contributed by atoms with Crippen LogP contribution in [-0.2, 0) is 14.3 Å². The molecule has 1 atom stereocenters. The smallest absolute Gasteiger partial charge is 0.256 e. The third-order valence-corrected chi connectivity index (χ3v) is 4.99. The summed E-state index contributed by atoms with van der Waals surface area (Å²) >= 11 is 0. The zero-order chi connectivity index (χ0) is 17.7. The topological polar surface area (TPSA) is 71.6 Å². The first kappa shape index (κ1) is 18.1. The molecule has 2 fully saturated rings. The minimum atomic E-state index is -0.849. The number of piperidine rings is 1. The summed E-state index contributed by atoms with van der Waals surface area (Å²) in [5.74, 6) is -0.622. The lowest BCUT2D eigenvalue weighted by molar-refractivity contribution is -0.140. The molecule has 0 saturated carbocycles. The van der Waals surface area contributed by atoms with Crippen molar-refractivity contribution in [3.63, 3.8) is 0 Å². The number of carbonyl (C=O) groups is 1. The van der Waals surface area contributed by atoms with Crippen LogP contribution in [0.5, 0.6) is 0 Å². The van der Waals surface area contributed by atoms with Crippen molar-refractivity contribution in [3.05, 3.63) is 24.0 Å². The number of hydrogen-bond acceptors (Lipinski definition) is 5. The van der Waals surface area contributed by atoms with Crippen LogP contribution < -0.4 is 16.0 Å². The molecule has 2 aliphatic rings. The lowest BCUT2D eigenvalue weighted by Gasteiger charge is -2.34. The van der Waals surface area contributed by atoms with Crippen molar-refractivity contribution in [2.45, 2.75) is 37.4 Å². The third kappa shape index (κ3) is 4.29. The standard InChI is InChI=1S/C18H26FN3O3/c1-24-18(6-8-20-9-7-18)17(23)22-13-4-5-16(15(19)11-13)21-12-14-3-2-10-25-14/h4-5,11,14,20-21H,2-3,6-10,12H2,1H3,(H,22,23). The van der Waals surface area contributed by atoms with E-state index in [4.69, 9.17) is 9.47 Å². The molecule has 7 heteroatoms. The molecule has 0 aromatic heterocycles. The van der Waals surface area contributed by atoms with Gasteiger partial charge >= 0.3 is 0 Å². The van der Waals surface area contributed by atoms with Crippen molar-refractivity contribution in [2.75, 3.05) is 44.0 Å². The monoisotopic (exact) mass is 351 g/mol. The first-order valence-electron chi connectivity index (χ1n) is 8.85. The Hall–Kier alpha value is -1.70. The number of rotatable bonds is 6. The Bertz CT molecular complexity index is 599. The highest BCUT2D eigenvalue weighted by molar-refractivity contribution is 5.97. The minimum absolute atomic E-state index is 0.139. The van der Waals surface area contributed by atoms with Crippen LogP contribution in [0.1, 0.15) is 25.7 Å². The fraction of sp³-hybridized carbons (Fsp3) is 0.611. The molecule has 3 rings (SSSR count). The summed E-state index contributed by atoms with van der Waals surface area (Å²) in [5.41, 5.74) is -0.00436. The van der Waals surface area contributed by atoms with E-state index in [0.717, 1.165) is 32.5 Å². The molecule has 3 N–H and O–H groups in total. The lowest BCUT2D eigenvalue weighted by atomic mass is 9.91. The van der Waals surface area contributed by atoms with E-state index in [9.17, 15) is 9.18 Å². The van der Waals surface area contributed by atoms with Crippen LogP contribution in [0.15, 0.2) is 18.2 Å². The van der Waals surface area contributed by atoms with E-state index in [1.165, 1.54) is 6.07 Å². The minimum Gasteiger partial charge on any atom is -0.380 e. The van der Waals surface area contributed by atoms with E-state index < -0.39 is 11.4 Å². The zero-order valence-electron chi connectivity index (χ0n) is 14.6. The number of hydrogen-bond donors (Lipinski definition) is 3. The second-order valence-corrected chi connectivity index (χ2v) is 6.61. The largest absolute Gasteiger partial charge is 0.380 e. The Morgan fingerprint density at radius 1 is 1.44 bits per heavy atom. The number of halogens is 1. The van der Waals surface area contributed by atoms with Gasteiger partial charge < -0.3 is 25.4 Å². The molecule has 0 aliphatic carbocycles. The molecule has 2 heterocycles. The number of nitrogens with one attached hydrogen (secondary N) is 3. The lowest BCUT2D eigenvalue weighted by Crippen LogP contribution is -2.51. The second-order valence-electron chi connectivity index (χ2n) is 6.61. The van der Waals surface area contributed by atoms with Crippen LogP contribution in [0.2, 0.25) is 0 Å². The second kappa shape index (κ2) is 8.12. The molecule has 138 valence electrons. The Morgan fingerprint density at radius 3 is 2.88 bits per heavy atom. The van der Waals surface area contributed by atoms with Crippen LogP contribution in [-0.4, -0.2) is 51.0 Å². The van der Waals surface area contributed by atoms with Crippen molar-refractivity contribution in [1.82, 2.24) is 5.32 Å². The van der Waals surface area contributed by atoms with Crippen LogP contribution in [0.4, 0.5) is 15.8 Å². The third-order valence-electron chi connectivity index (χ3n) is 4.99. The number of anilines is 2. The van der Waals surface area contributed by atoms with Crippen molar-refractivity contribution < 1.29 is 18.7 Å². The summed E-state index contributed by atoms with van der Waals surface area (Å²) in [4.78, 5) is 12.6. The van der Waals surface area contributed by atoms with Gasteiger partial charge in [-0.1, -0.05) is 0 Å². The molecule has 0 bridgehead atoms. The summed E-state index contributed by atoms with van der Waals surface area (Å²) < 4.78 is 25.3. The maximum Gasteiger partial charge on any atom is 0.256 e. The van der Waals surface area contributed by atoms with Gasteiger partial charge in [-0.25, -0.2) is 4.39 Å². The molecule has 1 aromatic carbocycles. The number of amides is 1. The SMILES string of the molecule is COC1(C(=O)Nc2ccc(NCC3CCCO3)c(F)c2)CCNCC1. The van der Waals surface area contributed by atoms with Crippen molar-refractivity contribution >= 4 is 17.3 Å². The van der Waals surface area contributed by atoms with Crippen molar-refractivity contribution in [2.24, 2.45) is 0 Å². The molecule has 25 heavy (non-hydrogen) atoms. The molecule has 1 aromatic rings. The van der Waals surface area contributed by atoms with E-state index in [1.54, 1.807) is 19.2 Å². The average molecular weight is 351 g/mol. The molecule has 0 radical (unpaired) electrons. The normalized spacial score (nSPS) is 22.6. The van der Waals surface area contributed by atoms with Crippen LogP contribution in [0.3, 0.4) is 0 Å². The van der Waals surface area contributed by atoms with Crippen LogP contribution in [0, 0.1) is 5.82 Å². The zero-order valence-corrected chi connectivity index (χ0v) is 14.6. The Morgan fingerprint density at radius 2 is 2.24 bits per heavy atom. The highest BCUT2D eigenvalue weighted by atomic mass is 19.1. The summed E-state index contributed by atoms with van der Waals surface area (Å²) in [7, 11) is 1.55. The van der Waals surface area contributed by atoms with Gasteiger partial charge in [0.1, 0.15) is 11.4 Å². The van der Waals surface area contributed by atoms with Gasteiger partial charge in [-0.05, 0) is 57.0 Å². The molecule has 6 nitrogen and oxygen atoms in total. The van der Waals surface area contributed by atoms with E-state index in [0.29, 0.717) is 30.8 Å². The highest BCUT2D eigenvalue weighted by Gasteiger charge is 2.39. The fourth-order valence-electron chi connectivity index (χ4n) is 3.36. The van der Waals surface area contributed by atoms with E-state index >= 15 is 0 Å². The van der Waals surface area contributed by atoms with Gasteiger partial charge in [-0.3, -0.25) is 4.79 Å². The van der Waals surface area contributed by atoms with E-state index in [-0.39, 0.29) is 12.0 Å². The maximum absolute atomic E-state index is 14.3. The molecule has 2 saturated heterocycles. The fourth-order valence-corrected chi connectivity index (χ4v) is 3.36. The summed E-state index contributed by atoms with van der Waals surface area (Å²) in [6.07, 6.45) is 3.38. The molecule has 2 aliphatic heterocycles. The highest BCUT2D eigenvalue weighted by Crippen LogP contribution is 2.26. The van der Waals surface area contributed by atoms with E-state index in [2.05, 4.69) is 16.0 Å². The number of carbonyl (C=O) groups excluding carboxylic acids is 1. The molecular weight excluding hydrogens is 325 g/mol. The van der Waals surface area contributed by atoms with Crippen LogP contribution in [0.25, 0.3) is 0 Å². The van der Waals surface area contributed by atoms with Gasteiger partial charge in [0, 0.05) is 25.9 Å². The van der Waals surface area contributed by atoms with Gasteiger partial charge in [0.2, 0.25) is 0 Å². The number of benzene rings is 1. The first-order valence-corrected chi connectivity index (χ1v) is 8.85. The Labute approximate surface area is 147 Å². The van der Waals surface area contributed by atoms with Crippen LogP contribution >= 0.6 is 0 Å². The number of methoxy groups -OCH3 is 1. The summed E-state index contributed by atoms with van der Waals surface area (Å²) in [6, 6.07) is 4.67. The van der Waals surface area contributed by atoms with Gasteiger partial charge in [-0.2, -0.15) is 0 Å². The Kier molecular flexibility index (Phi) is 5.88. The number of ether oxygens (including phenoxy) is 2. The van der Waals surface area contributed by atoms with E-state index in [1.807, 2.05) is 0 Å². The van der Waals surface area contributed by atoms with Gasteiger partial charge in [0.25, 0.3) is 5.91 Å². The van der Waals surface area contributed by atoms with Crippen molar-refractivity contribution in [1.29, 1.82) is 0 Å². The first-order chi connectivity index (χ1) is 12.1. The molecular formula is C18H26FN3O3. The predicted molar refractivity (Wildman–Crippen MR) is 94.3 cm³/mol. The molecule has 1 amide bonds. The summed E-state index contributed by atoms with van der Waals surface area (Å²) in [6.45, 7) is 2.81. The van der Waals surface area contributed by atoms with Gasteiger partial charge in [0.15, 0.2) is 0 Å². The summed E-state index contributed by atoms with van der Waals surface area (Å²) in [5, 5.41) is 9.06. The maximum atomic E-state index is 14.3. The average Bonchev–Trinajstić information content (AvgIpc) is 3.15.